The molecule has 1 amide bonds. The summed E-state index contributed by atoms with van der Waals surface area (Å²) in [6.45, 7) is 5.45. The number of nitrogens with zero attached hydrogens (tertiary/aromatic N) is 4. The molecule has 1 saturated heterocycles. The number of carbonyl (C=O) groups excluding carboxylic acids is 1. The Bertz CT molecular complexity index is 980. The van der Waals surface area contributed by atoms with Gasteiger partial charge in [0.05, 0.1) is 37.7 Å². The molecule has 4 rings (SSSR count). The lowest BCUT2D eigenvalue weighted by molar-refractivity contribution is -0.00334. The molecule has 28 heavy (non-hydrogen) atoms. The Morgan fingerprint density at radius 1 is 1.32 bits per heavy atom. The highest BCUT2D eigenvalue weighted by Crippen LogP contribution is 2.32. The number of morpholine rings is 1. The minimum atomic E-state index is -0.205. The quantitative estimate of drug-likeness (QED) is 0.750. The number of benzene rings is 1. The zero-order valence-corrected chi connectivity index (χ0v) is 16.2. The number of methoxy groups -OCH3 is 1. The van der Waals surface area contributed by atoms with Gasteiger partial charge in [0.2, 0.25) is 0 Å². The summed E-state index contributed by atoms with van der Waals surface area (Å²) in [5.74, 6) is 0.683. The van der Waals surface area contributed by atoms with Crippen molar-refractivity contribution in [2.75, 3.05) is 26.9 Å². The van der Waals surface area contributed by atoms with Crippen LogP contribution in [-0.4, -0.2) is 57.7 Å². The molecule has 1 N–H and O–H groups in total. The maximum atomic E-state index is 13.0. The number of nitrogens with one attached hydrogen (secondary N) is 1. The highest BCUT2D eigenvalue weighted by atomic mass is 16.5. The third-order valence-corrected chi connectivity index (χ3v) is 5.10. The predicted molar refractivity (Wildman–Crippen MR) is 103 cm³/mol. The van der Waals surface area contributed by atoms with Gasteiger partial charge < -0.3 is 14.4 Å². The average Bonchev–Trinajstić information content (AvgIpc) is 3.36. The largest absolute Gasteiger partial charge is 0.497 e. The fourth-order valence-electron chi connectivity index (χ4n) is 3.75. The van der Waals surface area contributed by atoms with E-state index in [1.165, 1.54) is 0 Å². The normalized spacial score (nSPS) is 17.0. The van der Waals surface area contributed by atoms with Gasteiger partial charge in [0.15, 0.2) is 0 Å². The first-order chi connectivity index (χ1) is 13.6. The lowest BCUT2D eigenvalue weighted by Crippen LogP contribution is -2.44. The molecule has 2 aromatic heterocycles. The SMILES string of the molecule is COc1cccc(-n2nc(C)c([C@H]3COCCN3C(=O)c3ccn[nH]3)c2C)c1. The van der Waals surface area contributed by atoms with Crippen molar-refractivity contribution in [3.8, 4) is 11.4 Å². The van der Waals surface area contributed by atoms with Crippen molar-refractivity contribution >= 4 is 5.91 Å². The van der Waals surface area contributed by atoms with Crippen LogP contribution in [0.3, 0.4) is 0 Å². The number of amides is 1. The maximum absolute atomic E-state index is 13.0. The van der Waals surface area contributed by atoms with Crippen LogP contribution >= 0.6 is 0 Å². The summed E-state index contributed by atoms with van der Waals surface area (Å²) < 4.78 is 12.9. The molecule has 1 aliphatic rings. The second-order valence-electron chi connectivity index (χ2n) is 6.76. The number of hydrogen-bond acceptors (Lipinski definition) is 5. The molecule has 0 unspecified atom stereocenters. The van der Waals surface area contributed by atoms with Gasteiger partial charge in [-0.05, 0) is 32.0 Å². The fourth-order valence-corrected chi connectivity index (χ4v) is 3.75. The van der Waals surface area contributed by atoms with Gasteiger partial charge in [0.25, 0.3) is 5.91 Å². The molecule has 0 bridgehead atoms. The maximum Gasteiger partial charge on any atom is 0.272 e. The fraction of sp³-hybridized carbons (Fsp3) is 0.350. The van der Waals surface area contributed by atoms with Gasteiger partial charge in [-0.25, -0.2) is 4.68 Å². The van der Waals surface area contributed by atoms with Crippen molar-refractivity contribution in [3.63, 3.8) is 0 Å². The Morgan fingerprint density at radius 3 is 2.93 bits per heavy atom. The van der Waals surface area contributed by atoms with E-state index in [-0.39, 0.29) is 11.9 Å². The van der Waals surface area contributed by atoms with Crippen molar-refractivity contribution in [1.29, 1.82) is 0 Å². The molecule has 3 heterocycles. The number of aromatic amines is 1. The number of hydrogen-bond donors (Lipinski definition) is 1. The molecule has 8 nitrogen and oxygen atoms in total. The lowest BCUT2D eigenvalue weighted by Gasteiger charge is -2.35. The van der Waals surface area contributed by atoms with Crippen molar-refractivity contribution < 1.29 is 14.3 Å². The Balaban J connectivity index is 1.73. The average molecular weight is 381 g/mol. The Hall–Kier alpha value is -3.13. The van der Waals surface area contributed by atoms with E-state index in [0.29, 0.717) is 25.5 Å². The number of aromatic nitrogens is 4. The molecule has 1 fully saturated rings. The van der Waals surface area contributed by atoms with E-state index >= 15 is 0 Å². The van der Waals surface area contributed by atoms with Gasteiger partial charge in [-0.3, -0.25) is 9.89 Å². The van der Waals surface area contributed by atoms with E-state index < -0.39 is 0 Å². The van der Waals surface area contributed by atoms with Crippen molar-refractivity contribution in [1.82, 2.24) is 24.9 Å². The van der Waals surface area contributed by atoms with Crippen molar-refractivity contribution in [2.24, 2.45) is 0 Å². The van der Waals surface area contributed by atoms with Gasteiger partial charge in [0, 0.05) is 30.1 Å². The van der Waals surface area contributed by atoms with Crippen LogP contribution in [0.4, 0.5) is 0 Å². The number of H-pyrrole nitrogens is 1. The van der Waals surface area contributed by atoms with Crippen LogP contribution in [0.1, 0.15) is 33.5 Å². The van der Waals surface area contributed by atoms with E-state index in [0.717, 1.165) is 28.4 Å². The highest BCUT2D eigenvalue weighted by molar-refractivity contribution is 5.92. The summed E-state index contributed by atoms with van der Waals surface area (Å²) in [6.07, 6.45) is 1.58. The van der Waals surface area contributed by atoms with Crippen LogP contribution in [0, 0.1) is 13.8 Å². The first-order valence-electron chi connectivity index (χ1n) is 9.18. The topological polar surface area (TPSA) is 85.3 Å². The van der Waals surface area contributed by atoms with Crippen LogP contribution in [0.15, 0.2) is 36.5 Å². The molecule has 8 heteroatoms. The molecular weight excluding hydrogens is 358 g/mol. The molecular formula is C20H23N5O3. The molecule has 1 aliphatic heterocycles. The predicted octanol–water partition coefficient (Wildman–Crippen LogP) is 2.43. The minimum Gasteiger partial charge on any atom is -0.497 e. The zero-order chi connectivity index (χ0) is 19.7. The van der Waals surface area contributed by atoms with Crippen LogP contribution < -0.4 is 4.74 Å². The molecule has 146 valence electrons. The Morgan fingerprint density at radius 2 is 2.18 bits per heavy atom. The standard InChI is InChI=1S/C20H23N5O3/c1-13-19(14(2)25(23-13)15-5-4-6-16(11-15)27-3)18-12-28-10-9-24(18)20(26)17-7-8-21-22-17/h4-8,11,18H,9-10,12H2,1-3H3,(H,21,22)/t18-/m1/s1. The Kier molecular flexibility index (Phi) is 4.87. The monoisotopic (exact) mass is 381 g/mol. The van der Waals surface area contributed by atoms with Crippen molar-refractivity contribution in [2.45, 2.75) is 19.9 Å². The van der Waals surface area contributed by atoms with Crippen LogP contribution in [0.2, 0.25) is 0 Å². The van der Waals surface area contributed by atoms with Crippen LogP contribution in [0.25, 0.3) is 5.69 Å². The van der Waals surface area contributed by atoms with Gasteiger partial charge in [-0.2, -0.15) is 10.2 Å². The molecule has 3 aromatic rings. The van der Waals surface area contributed by atoms with Crippen LogP contribution in [-0.2, 0) is 4.74 Å². The first kappa shape index (κ1) is 18.2. The number of aryl methyl sites for hydroxylation is 1. The minimum absolute atomic E-state index is 0.0845. The summed E-state index contributed by atoms with van der Waals surface area (Å²) in [7, 11) is 1.64. The van der Waals surface area contributed by atoms with E-state index in [1.807, 2.05) is 47.7 Å². The lowest BCUT2D eigenvalue weighted by atomic mass is 10.0. The molecule has 0 aliphatic carbocycles. The summed E-state index contributed by atoms with van der Waals surface area (Å²) in [5, 5.41) is 11.4. The number of rotatable bonds is 4. The van der Waals surface area contributed by atoms with Crippen molar-refractivity contribution in [3.05, 3.63) is 59.2 Å². The second kappa shape index (κ2) is 7.47. The van der Waals surface area contributed by atoms with Gasteiger partial charge in [0.1, 0.15) is 11.4 Å². The van der Waals surface area contributed by atoms with E-state index in [1.54, 1.807) is 19.4 Å². The highest BCUT2D eigenvalue weighted by Gasteiger charge is 2.33. The van der Waals surface area contributed by atoms with E-state index in [2.05, 4.69) is 10.2 Å². The second-order valence-corrected chi connectivity index (χ2v) is 6.76. The smallest absolute Gasteiger partial charge is 0.272 e. The number of ether oxygens (including phenoxy) is 2. The van der Waals surface area contributed by atoms with E-state index in [9.17, 15) is 4.79 Å². The van der Waals surface area contributed by atoms with Gasteiger partial charge in [-0.1, -0.05) is 6.07 Å². The molecule has 0 radical (unpaired) electrons. The third-order valence-electron chi connectivity index (χ3n) is 5.10. The summed E-state index contributed by atoms with van der Waals surface area (Å²) >= 11 is 0. The van der Waals surface area contributed by atoms with Crippen LogP contribution in [0.5, 0.6) is 5.75 Å². The third kappa shape index (κ3) is 3.16. The van der Waals surface area contributed by atoms with Gasteiger partial charge >= 0.3 is 0 Å². The molecule has 0 saturated carbocycles. The molecule has 1 atom stereocenters. The molecule has 1 aromatic carbocycles. The summed E-state index contributed by atoms with van der Waals surface area (Å²) in [5.41, 5.74) is 4.24. The Labute approximate surface area is 163 Å². The summed E-state index contributed by atoms with van der Waals surface area (Å²) in [6, 6.07) is 9.24. The molecule has 0 spiro atoms. The zero-order valence-electron chi connectivity index (χ0n) is 16.2. The van der Waals surface area contributed by atoms with Gasteiger partial charge in [-0.15, -0.1) is 0 Å². The first-order valence-corrected chi connectivity index (χ1v) is 9.18. The van der Waals surface area contributed by atoms with E-state index in [4.69, 9.17) is 14.6 Å². The summed E-state index contributed by atoms with van der Waals surface area (Å²) in [4.78, 5) is 14.8. The number of carbonyl (C=O) groups is 1.